The van der Waals surface area contributed by atoms with E-state index in [1.807, 2.05) is 0 Å². The SMILES string of the molecule is N#C[C@@]1(c2ccc3c(N)ncnn23)O[C@H](CO)[C@@H](OC(=O)c2ccccc2)[C@H]1OC(=O)c1ccccc1. The molecule has 0 saturated carbocycles. The van der Waals surface area contributed by atoms with E-state index in [1.165, 1.54) is 16.9 Å². The first-order chi connectivity index (χ1) is 18.0. The van der Waals surface area contributed by atoms with Crippen molar-refractivity contribution in [3.05, 3.63) is 95.9 Å². The van der Waals surface area contributed by atoms with E-state index in [0.717, 1.165) is 0 Å². The van der Waals surface area contributed by atoms with E-state index in [2.05, 4.69) is 16.2 Å². The van der Waals surface area contributed by atoms with Crippen molar-refractivity contribution in [2.24, 2.45) is 0 Å². The molecule has 3 heterocycles. The molecular formula is C26H21N5O6. The zero-order valence-electron chi connectivity index (χ0n) is 19.3. The lowest BCUT2D eigenvalue weighted by Gasteiger charge is -2.28. The Balaban J connectivity index is 1.62. The van der Waals surface area contributed by atoms with Gasteiger partial charge in [-0.3, -0.25) is 0 Å². The van der Waals surface area contributed by atoms with Crippen molar-refractivity contribution >= 4 is 23.3 Å². The number of esters is 2. The number of nitrogen functional groups attached to an aromatic ring is 1. The molecule has 4 aromatic rings. The van der Waals surface area contributed by atoms with Crippen molar-refractivity contribution in [2.45, 2.75) is 23.9 Å². The maximum Gasteiger partial charge on any atom is 0.338 e. The van der Waals surface area contributed by atoms with Gasteiger partial charge in [-0.1, -0.05) is 36.4 Å². The normalized spacial score (nSPS) is 22.9. The predicted molar refractivity (Wildman–Crippen MR) is 128 cm³/mol. The minimum absolute atomic E-state index is 0.149. The van der Waals surface area contributed by atoms with E-state index in [4.69, 9.17) is 19.9 Å². The van der Waals surface area contributed by atoms with Gasteiger partial charge in [-0.2, -0.15) is 10.4 Å². The molecule has 0 unspecified atom stereocenters. The van der Waals surface area contributed by atoms with Crippen molar-refractivity contribution < 1.29 is 28.9 Å². The van der Waals surface area contributed by atoms with Gasteiger partial charge in [0.05, 0.1) is 23.4 Å². The second kappa shape index (κ2) is 9.69. The van der Waals surface area contributed by atoms with E-state index in [0.29, 0.717) is 5.52 Å². The highest BCUT2D eigenvalue weighted by Gasteiger charge is 2.62. The molecule has 5 rings (SSSR count). The van der Waals surface area contributed by atoms with Crippen LogP contribution < -0.4 is 5.73 Å². The first kappa shape index (κ1) is 23.9. The molecule has 37 heavy (non-hydrogen) atoms. The molecule has 0 bridgehead atoms. The third-order valence-corrected chi connectivity index (χ3v) is 6.11. The van der Waals surface area contributed by atoms with Crippen LogP contribution >= 0.6 is 0 Å². The summed E-state index contributed by atoms with van der Waals surface area (Å²) in [6.07, 6.45) is -2.82. The summed E-state index contributed by atoms with van der Waals surface area (Å²) >= 11 is 0. The number of nitrogens with zero attached hydrogens (tertiary/aromatic N) is 4. The number of ether oxygens (including phenoxy) is 3. The number of anilines is 1. The van der Waals surface area contributed by atoms with Crippen LogP contribution in [0.5, 0.6) is 0 Å². The summed E-state index contributed by atoms with van der Waals surface area (Å²) in [6, 6.07) is 21.5. The predicted octanol–water partition coefficient (Wildman–Crippen LogP) is 1.87. The highest BCUT2D eigenvalue weighted by atomic mass is 16.6. The van der Waals surface area contributed by atoms with Gasteiger partial charge in [0.2, 0.25) is 5.60 Å². The Hall–Kier alpha value is -4.79. The monoisotopic (exact) mass is 499 g/mol. The molecule has 186 valence electrons. The second-order valence-corrected chi connectivity index (χ2v) is 8.28. The fraction of sp³-hybridized carbons (Fsp3) is 0.192. The van der Waals surface area contributed by atoms with Crippen LogP contribution in [0.3, 0.4) is 0 Å². The first-order valence-electron chi connectivity index (χ1n) is 11.3. The van der Waals surface area contributed by atoms with Crippen LogP contribution in [0.4, 0.5) is 5.82 Å². The molecule has 0 amide bonds. The number of hydrogen-bond acceptors (Lipinski definition) is 10. The Morgan fingerprint density at radius 1 is 1.03 bits per heavy atom. The van der Waals surface area contributed by atoms with Gasteiger partial charge in [0.15, 0.2) is 18.0 Å². The maximum atomic E-state index is 13.1. The second-order valence-electron chi connectivity index (χ2n) is 8.28. The fourth-order valence-corrected chi connectivity index (χ4v) is 4.34. The van der Waals surface area contributed by atoms with Gasteiger partial charge in [0.25, 0.3) is 0 Å². The molecule has 0 radical (unpaired) electrons. The minimum Gasteiger partial charge on any atom is -0.452 e. The van der Waals surface area contributed by atoms with Crippen LogP contribution in [0.25, 0.3) is 5.52 Å². The lowest BCUT2D eigenvalue weighted by molar-refractivity contribution is -0.0696. The van der Waals surface area contributed by atoms with Crippen molar-refractivity contribution in [2.75, 3.05) is 12.3 Å². The smallest absolute Gasteiger partial charge is 0.338 e. The highest BCUT2D eigenvalue weighted by Crippen LogP contribution is 2.43. The molecule has 4 atom stereocenters. The summed E-state index contributed by atoms with van der Waals surface area (Å²) in [5, 5.41) is 24.8. The number of nitriles is 1. The summed E-state index contributed by atoms with van der Waals surface area (Å²) in [5.74, 6) is -1.37. The minimum atomic E-state index is -2.02. The number of carbonyl (C=O) groups excluding carboxylic acids is 2. The van der Waals surface area contributed by atoms with Crippen LogP contribution in [0, 0.1) is 11.3 Å². The maximum absolute atomic E-state index is 13.1. The van der Waals surface area contributed by atoms with Gasteiger partial charge in [-0.05, 0) is 36.4 Å². The quantitative estimate of drug-likeness (QED) is 0.375. The number of aromatic nitrogens is 3. The number of aliphatic hydroxyl groups excluding tert-OH is 1. The van der Waals surface area contributed by atoms with Crippen molar-refractivity contribution in [3.63, 3.8) is 0 Å². The Morgan fingerprint density at radius 3 is 2.24 bits per heavy atom. The standard InChI is InChI=1S/C26H21N5O6/c27-14-26(20-12-11-18-23(28)29-15-30-31(18)20)22(36-25(34)17-9-5-2-6-10-17)21(19(13-32)37-26)35-24(33)16-7-3-1-4-8-16/h1-12,15,19,21-22,32H,13H2,(H2,28,29,30)/t19-,21-,22-,26+/m1/s1. The molecule has 0 spiro atoms. The molecule has 2 aromatic carbocycles. The van der Waals surface area contributed by atoms with Crippen molar-refractivity contribution in [1.29, 1.82) is 5.26 Å². The van der Waals surface area contributed by atoms with Gasteiger partial charge in [0.1, 0.15) is 24.0 Å². The van der Waals surface area contributed by atoms with E-state index >= 15 is 0 Å². The van der Waals surface area contributed by atoms with Crippen molar-refractivity contribution in [1.82, 2.24) is 14.6 Å². The molecule has 1 saturated heterocycles. The average molecular weight is 499 g/mol. The largest absolute Gasteiger partial charge is 0.452 e. The number of aliphatic hydroxyl groups is 1. The van der Waals surface area contributed by atoms with Gasteiger partial charge in [-0.25, -0.2) is 19.1 Å². The molecule has 11 nitrogen and oxygen atoms in total. The summed E-state index contributed by atoms with van der Waals surface area (Å²) in [5.41, 5.74) is 4.92. The van der Waals surface area contributed by atoms with E-state index in [9.17, 15) is 20.0 Å². The topological polar surface area (TPSA) is 162 Å². The van der Waals surface area contributed by atoms with Crippen LogP contribution in [-0.4, -0.2) is 56.6 Å². The number of carbonyl (C=O) groups is 2. The Kier molecular flexibility index (Phi) is 6.27. The Labute approximate surface area is 210 Å². The van der Waals surface area contributed by atoms with Crippen LogP contribution in [0.2, 0.25) is 0 Å². The molecule has 2 aromatic heterocycles. The van der Waals surface area contributed by atoms with Gasteiger partial charge in [-0.15, -0.1) is 0 Å². The molecular weight excluding hydrogens is 478 g/mol. The molecule has 1 fully saturated rings. The summed E-state index contributed by atoms with van der Waals surface area (Å²) in [4.78, 5) is 30.1. The lowest BCUT2D eigenvalue weighted by Crippen LogP contribution is -2.46. The Morgan fingerprint density at radius 2 is 1.65 bits per heavy atom. The van der Waals surface area contributed by atoms with Gasteiger partial charge >= 0.3 is 11.9 Å². The number of hydrogen-bond donors (Lipinski definition) is 2. The fourth-order valence-electron chi connectivity index (χ4n) is 4.34. The molecule has 0 aliphatic carbocycles. The third kappa shape index (κ3) is 4.14. The van der Waals surface area contributed by atoms with Gasteiger partial charge < -0.3 is 25.1 Å². The molecule has 1 aliphatic rings. The third-order valence-electron chi connectivity index (χ3n) is 6.11. The number of nitrogens with two attached hydrogens (primary N) is 1. The number of fused-ring (bicyclic) bond motifs is 1. The van der Waals surface area contributed by atoms with E-state index in [-0.39, 0.29) is 22.6 Å². The lowest BCUT2D eigenvalue weighted by atomic mass is 9.92. The first-order valence-corrected chi connectivity index (χ1v) is 11.3. The Bertz CT molecular complexity index is 1490. The van der Waals surface area contributed by atoms with E-state index in [1.54, 1.807) is 66.7 Å². The molecule has 11 heteroatoms. The average Bonchev–Trinajstić information content (AvgIpc) is 3.50. The highest BCUT2D eigenvalue weighted by molar-refractivity contribution is 5.90. The van der Waals surface area contributed by atoms with Gasteiger partial charge in [0, 0.05) is 0 Å². The summed E-state index contributed by atoms with van der Waals surface area (Å²) < 4.78 is 18.9. The number of benzene rings is 2. The van der Waals surface area contributed by atoms with Crippen molar-refractivity contribution in [3.8, 4) is 6.07 Å². The molecule has 1 aliphatic heterocycles. The van der Waals surface area contributed by atoms with Crippen LogP contribution in [0.15, 0.2) is 79.1 Å². The number of rotatable bonds is 6. The van der Waals surface area contributed by atoms with Crippen LogP contribution in [-0.2, 0) is 19.8 Å². The zero-order chi connectivity index (χ0) is 26.0. The van der Waals surface area contributed by atoms with E-state index < -0.39 is 42.5 Å². The summed E-state index contributed by atoms with van der Waals surface area (Å²) in [7, 11) is 0. The zero-order valence-corrected chi connectivity index (χ0v) is 19.3. The summed E-state index contributed by atoms with van der Waals surface area (Å²) in [6.45, 7) is -0.629. The molecule has 3 N–H and O–H groups in total. The van der Waals surface area contributed by atoms with Crippen LogP contribution in [0.1, 0.15) is 26.4 Å².